The molecule has 1 amide bonds. The van der Waals surface area contributed by atoms with Gasteiger partial charge in [-0.05, 0) is 25.7 Å². The van der Waals surface area contributed by atoms with E-state index < -0.39 is 18.2 Å². The summed E-state index contributed by atoms with van der Waals surface area (Å²) in [7, 11) is 0. The Morgan fingerprint density at radius 1 is 1.25 bits per heavy atom. The Morgan fingerprint density at radius 2 is 1.81 bits per heavy atom. The van der Waals surface area contributed by atoms with Crippen molar-refractivity contribution in [2.75, 3.05) is 0 Å². The van der Waals surface area contributed by atoms with Crippen molar-refractivity contribution in [2.24, 2.45) is 5.92 Å². The second kappa shape index (κ2) is 5.30. The van der Waals surface area contributed by atoms with E-state index in [1.165, 1.54) is 0 Å². The highest BCUT2D eigenvalue weighted by Crippen LogP contribution is 2.20. The number of nitrogens with one attached hydrogen (secondary N) is 1. The van der Waals surface area contributed by atoms with Crippen molar-refractivity contribution in [3.63, 3.8) is 0 Å². The number of carboxylic acids is 1. The molecule has 0 aromatic rings. The molecule has 0 aromatic heterocycles. The van der Waals surface area contributed by atoms with Crippen molar-refractivity contribution < 1.29 is 19.4 Å². The fourth-order valence-electron chi connectivity index (χ4n) is 1.50. The smallest absolute Gasteiger partial charge is 0.332 e. The Morgan fingerprint density at radius 3 is 2.25 bits per heavy atom. The third-order valence-corrected chi connectivity index (χ3v) is 2.96. The largest absolute Gasteiger partial charge is 0.479 e. The maximum absolute atomic E-state index is 11.7. The summed E-state index contributed by atoms with van der Waals surface area (Å²) in [5, 5.41) is 11.6. The Hall–Kier alpha value is -1.10. The lowest BCUT2D eigenvalue weighted by Gasteiger charge is -2.19. The fraction of sp³-hybridized carbons (Fsp3) is 0.818. The van der Waals surface area contributed by atoms with Crippen molar-refractivity contribution in [1.29, 1.82) is 0 Å². The van der Waals surface area contributed by atoms with Crippen molar-refractivity contribution in [3.8, 4) is 0 Å². The van der Waals surface area contributed by atoms with Crippen LogP contribution < -0.4 is 5.32 Å². The summed E-state index contributed by atoms with van der Waals surface area (Å²) in [5.74, 6) is -0.849. The molecular weight excluding hydrogens is 210 g/mol. The molecule has 1 aliphatic heterocycles. The first-order chi connectivity index (χ1) is 7.41. The van der Waals surface area contributed by atoms with Gasteiger partial charge < -0.3 is 15.2 Å². The molecule has 5 nitrogen and oxygen atoms in total. The first-order valence-corrected chi connectivity index (χ1v) is 5.60. The zero-order valence-corrected chi connectivity index (χ0v) is 9.90. The summed E-state index contributed by atoms with van der Waals surface area (Å²) >= 11 is 0. The molecular formula is C11H19NO4. The molecule has 92 valence electrons. The first kappa shape index (κ1) is 13.0. The van der Waals surface area contributed by atoms with Gasteiger partial charge in [0.15, 0.2) is 6.10 Å². The molecule has 0 bridgehead atoms. The van der Waals surface area contributed by atoms with Gasteiger partial charge in [0, 0.05) is 6.04 Å². The molecule has 1 heterocycles. The van der Waals surface area contributed by atoms with E-state index in [1.54, 1.807) is 0 Å². The molecule has 0 radical (unpaired) electrons. The number of hydrogen-bond donors (Lipinski definition) is 2. The van der Waals surface area contributed by atoms with Crippen LogP contribution in [0, 0.1) is 5.92 Å². The summed E-state index contributed by atoms with van der Waals surface area (Å²) < 4.78 is 5.15. The van der Waals surface area contributed by atoms with Crippen LogP contribution in [-0.2, 0) is 14.3 Å². The van der Waals surface area contributed by atoms with Gasteiger partial charge in [-0.1, -0.05) is 13.8 Å². The topological polar surface area (TPSA) is 75.6 Å². The fourth-order valence-corrected chi connectivity index (χ4v) is 1.50. The highest BCUT2D eigenvalue weighted by atomic mass is 16.5. The van der Waals surface area contributed by atoms with E-state index in [4.69, 9.17) is 9.84 Å². The number of carboxylic acid groups (broad SMARTS) is 1. The quantitative estimate of drug-likeness (QED) is 0.747. The van der Waals surface area contributed by atoms with Crippen molar-refractivity contribution in [2.45, 2.75) is 51.9 Å². The van der Waals surface area contributed by atoms with Gasteiger partial charge in [-0.25, -0.2) is 4.79 Å². The molecule has 3 atom stereocenters. The number of amides is 1. The van der Waals surface area contributed by atoms with E-state index in [0.29, 0.717) is 18.8 Å². The van der Waals surface area contributed by atoms with Crippen LogP contribution in [0.15, 0.2) is 0 Å². The summed E-state index contributed by atoms with van der Waals surface area (Å²) in [6.45, 7) is 5.95. The monoisotopic (exact) mass is 229 g/mol. The van der Waals surface area contributed by atoms with Crippen LogP contribution >= 0.6 is 0 Å². The molecule has 1 aliphatic rings. The Bertz CT molecular complexity index is 277. The van der Waals surface area contributed by atoms with Gasteiger partial charge in [0.05, 0.1) is 0 Å². The Labute approximate surface area is 95.2 Å². The Balaban J connectivity index is 2.42. The molecule has 0 aliphatic carbocycles. The van der Waals surface area contributed by atoms with E-state index in [1.807, 2.05) is 20.8 Å². The standard InChI is InChI=1S/C11H19NO4/c1-6(2)7(3)12-10(13)8-4-5-9(16-8)11(14)15/h6-9H,4-5H2,1-3H3,(H,12,13)(H,14,15)/t7?,8-,9+/m0/s1. The second-order valence-electron chi connectivity index (χ2n) is 4.57. The lowest BCUT2D eigenvalue weighted by atomic mass is 10.1. The highest BCUT2D eigenvalue weighted by Gasteiger charge is 2.35. The predicted octanol–water partition coefficient (Wildman–Crippen LogP) is 0.779. The van der Waals surface area contributed by atoms with Crippen LogP contribution in [0.3, 0.4) is 0 Å². The van der Waals surface area contributed by atoms with Crippen molar-refractivity contribution in [1.82, 2.24) is 5.32 Å². The summed E-state index contributed by atoms with van der Waals surface area (Å²) in [6.07, 6.45) is -0.552. The third kappa shape index (κ3) is 3.20. The zero-order valence-electron chi connectivity index (χ0n) is 9.90. The molecule has 0 aromatic carbocycles. The molecule has 1 saturated heterocycles. The normalized spacial score (nSPS) is 26.8. The first-order valence-electron chi connectivity index (χ1n) is 5.60. The van der Waals surface area contributed by atoms with Gasteiger partial charge >= 0.3 is 5.97 Å². The second-order valence-corrected chi connectivity index (χ2v) is 4.57. The van der Waals surface area contributed by atoms with Crippen LogP contribution in [0.5, 0.6) is 0 Å². The number of carbonyl (C=O) groups is 2. The number of rotatable bonds is 4. The lowest BCUT2D eigenvalue weighted by Crippen LogP contribution is -2.42. The summed E-state index contributed by atoms with van der Waals surface area (Å²) in [5.41, 5.74) is 0. The molecule has 16 heavy (non-hydrogen) atoms. The minimum absolute atomic E-state index is 0.0694. The number of ether oxygens (including phenoxy) is 1. The molecule has 5 heteroatoms. The highest BCUT2D eigenvalue weighted by molar-refractivity contribution is 5.82. The maximum atomic E-state index is 11.7. The molecule has 0 spiro atoms. The molecule has 1 rings (SSSR count). The van der Waals surface area contributed by atoms with Gasteiger partial charge in [-0.15, -0.1) is 0 Å². The van der Waals surface area contributed by atoms with Crippen molar-refractivity contribution >= 4 is 11.9 Å². The minimum Gasteiger partial charge on any atom is -0.479 e. The molecule has 1 unspecified atom stereocenters. The van der Waals surface area contributed by atoms with Gasteiger partial charge in [0.2, 0.25) is 5.91 Å². The van der Waals surface area contributed by atoms with E-state index in [-0.39, 0.29) is 11.9 Å². The van der Waals surface area contributed by atoms with E-state index >= 15 is 0 Å². The Kier molecular flexibility index (Phi) is 4.29. The molecule has 1 fully saturated rings. The van der Waals surface area contributed by atoms with E-state index in [9.17, 15) is 9.59 Å². The van der Waals surface area contributed by atoms with Crippen LogP contribution in [0.1, 0.15) is 33.6 Å². The molecule has 2 N–H and O–H groups in total. The summed E-state index contributed by atoms with van der Waals surface area (Å²) in [4.78, 5) is 22.3. The van der Waals surface area contributed by atoms with Crippen LogP contribution in [-0.4, -0.2) is 35.2 Å². The SMILES string of the molecule is CC(C)C(C)NC(=O)[C@@H]1CC[C@H](C(=O)O)O1. The van der Waals surface area contributed by atoms with Crippen molar-refractivity contribution in [3.05, 3.63) is 0 Å². The van der Waals surface area contributed by atoms with Gasteiger partial charge in [-0.2, -0.15) is 0 Å². The third-order valence-electron chi connectivity index (χ3n) is 2.96. The van der Waals surface area contributed by atoms with Gasteiger partial charge in [0.1, 0.15) is 6.10 Å². The maximum Gasteiger partial charge on any atom is 0.332 e. The minimum atomic E-state index is -0.993. The van der Waals surface area contributed by atoms with E-state index in [0.717, 1.165) is 0 Å². The van der Waals surface area contributed by atoms with Crippen LogP contribution in [0.2, 0.25) is 0 Å². The summed E-state index contributed by atoms with van der Waals surface area (Å²) in [6, 6.07) is 0.0694. The lowest BCUT2D eigenvalue weighted by molar-refractivity contribution is -0.151. The predicted molar refractivity (Wildman–Crippen MR) is 58.0 cm³/mol. The number of carbonyl (C=O) groups excluding carboxylic acids is 1. The average molecular weight is 229 g/mol. The van der Waals surface area contributed by atoms with Gasteiger partial charge in [-0.3, -0.25) is 4.79 Å². The average Bonchev–Trinajstić information content (AvgIpc) is 2.65. The van der Waals surface area contributed by atoms with Crippen LogP contribution in [0.4, 0.5) is 0 Å². The number of aliphatic carboxylic acids is 1. The number of hydrogen-bond acceptors (Lipinski definition) is 3. The van der Waals surface area contributed by atoms with Gasteiger partial charge in [0.25, 0.3) is 0 Å². The van der Waals surface area contributed by atoms with E-state index in [2.05, 4.69) is 5.32 Å². The van der Waals surface area contributed by atoms with Crippen LogP contribution in [0.25, 0.3) is 0 Å². The molecule has 0 saturated carbocycles. The zero-order chi connectivity index (χ0) is 12.3.